The average molecular weight is 352 g/mol. The summed E-state index contributed by atoms with van der Waals surface area (Å²) in [4.78, 5) is 0. The van der Waals surface area contributed by atoms with Gasteiger partial charge in [-0.2, -0.15) is 0 Å². The van der Waals surface area contributed by atoms with Gasteiger partial charge in [-0.1, -0.05) is 39.7 Å². The Kier molecular flexibility index (Phi) is 5.37. The number of hydrogen-bond donors (Lipinski definition) is 1. The topological polar surface area (TPSA) is 21.3 Å². The fraction of sp³-hybridized carbons (Fsp3) is 0.294. The largest absolute Gasteiger partial charge is 0.494 e. The van der Waals surface area contributed by atoms with Crippen molar-refractivity contribution >= 4 is 15.9 Å². The summed E-state index contributed by atoms with van der Waals surface area (Å²) in [5.74, 6) is -0.0512. The fourth-order valence-corrected chi connectivity index (χ4v) is 2.89. The number of methoxy groups -OCH3 is 1. The molecule has 1 N–H and O–H groups in total. The number of aryl methyl sites for hydroxylation is 1. The van der Waals surface area contributed by atoms with Gasteiger partial charge in [-0.3, -0.25) is 0 Å². The van der Waals surface area contributed by atoms with Crippen LogP contribution in [-0.4, -0.2) is 14.2 Å². The summed E-state index contributed by atoms with van der Waals surface area (Å²) >= 11 is 3.59. The lowest BCUT2D eigenvalue weighted by Crippen LogP contribution is -2.19. The Hall–Kier alpha value is -1.39. The summed E-state index contributed by atoms with van der Waals surface area (Å²) in [5.41, 5.74) is 3.31. The molecule has 2 rings (SSSR count). The zero-order valence-corrected chi connectivity index (χ0v) is 14.0. The first-order valence-electron chi connectivity index (χ1n) is 6.81. The van der Waals surface area contributed by atoms with E-state index >= 15 is 0 Å². The number of rotatable bonds is 5. The van der Waals surface area contributed by atoms with E-state index in [1.807, 2.05) is 19.2 Å². The summed E-state index contributed by atoms with van der Waals surface area (Å²) in [5, 5.41) is 3.30. The lowest BCUT2D eigenvalue weighted by Gasteiger charge is -2.19. The van der Waals surface area contributed by atoms with E-state index in [9.17, 15) is 4.39 Å². The Bertz CT molecular complexity index is 630. The van der Waals surface area contributed by atoms with E-state index in [1.54, 1.807) is 6.07 Å². The average Bonchev–Trinajstić information content (AvgIpc) is 2.47. The highest BCUT2D eigenvalue weighted by Gasteiger charge is 2.15. The summed E-state index contributed by atoms with van der Waals surface area (Å²) in [6.45, 7) is 2.07. The second-order valence-electron chi connectivity index (χ2n) is 5.04. The molecule has 0 aliphatic heterocycles. The molecule has 4 heteroatoms. The summed E-state index contributed by atoms with van der Waals surface area (Å²) in [6.07, 6.45) is 0.708. The summed E-state index contributed by atoms with van der Waals surface area (Å²) < 4.78 is 19.8. The number of ether oxygens (including phenoxy) is 1. The second kappa shape index (κ2) is 7.05. The van der Waals surface area contributed by atoms with Crippen molar-refractivity contribution in [2.24, 2.45) is 0 Å². The van der Waals surface area contributed by atoms with Crippen molar-refractivity contribution in [3.05, 3.63) is 63.4 Å². The maximum atomic E-state index is 13.8. The number of nitrogens with one attached hydrogen (secondary N) is 1. The van der Waals surface area contributed by atoms with Crippen LogP contribution >= 0.6 is 15.9 Å². The smallest absolute Gasteiger partial charge is 0.165 e. The SMILES string of the molecule is CNC(Cc1ccc(OC)c(F)c1)c1cc(C)ccc1Br. The van der Waals surface area contributed by atoms with Gasteiger partial charge in [0.05, 0.1) is 7.11 Å². The van der Waals surface area contributed by atoms with Crippen molar-refractivity contribution < 1.29 is 9.13 Å². The van der Waals surface area contributed by atoms with Crippen molar-refractivity contribution in [2.45, 2.75) is 19.4 Å². The lowest BCUT2D eigenvalue weighted by molar-refractivity contribution is 0.386. The molecule has 0 saturated carbocycles. The minimum absolute atomic E-state index is 0.118. The van der Waals surface area contributed by atoms with Crippen LogP contribution in [0.15, 0.2) is 40.9 Å². The van der Waals surface area contributed by atoms with Gasteiger partial charge in [0.25, 0.3) is 0 Å². The van der Waals surface area contributed by atoms with Crippen molar-refractivity contribution in [3.8, 4) is 5.75 Å². The minimum Gasteiger partial charge on any atom is -0.494 e. The quantitative estimate of drug-likeness (QED) is 0.861. The number of halogens is 2. The van der Waals surface area contributed by atoms with E-state index in [0.29, 0.717) is 6.42 Å². The highest BCUT2D eigenvalue weighted by Crippen LogP contribution is 2.28. The number of benzene rings is 2. The molecule has 1 unspecified atom stereocenters. The predicted octanol–water partition coefficient (Wildman–Crippen LogP) is 4.41. The van der Waals surface area contributed by atoms with Gasteiger partial charge >= 0.3 is 0 Å². The molecule has 0 radical (unpaired) electrons. The van der Waals surface area contributed by atoms with Crippen molar-refractivity contribution in [1.29, 1.82) is 0 Å². The third-order valence-electron chi connectivity index (χ3n) is 3.53. The van der Waals surface area contributed by atoms with Gasteiger partial charge in [0.15, 0.2) is 11.6 Å². The van der Waals surface area contributed by atoms with Gasteiger partial charge in [0.2, 0.25) is 0 Å². The Morgan fingerprint density at radius 3 is 2.62 bits per heavy atom. The molecule has 0 spiro atoms. The molecular weight excluding hydrogens is 333 g/mol. The van der Waals surface area contributed by atoms with E-state index in [2.05, 4.69) is 40.3 Å². The van der Waals surface area contributed by atoms with Gasteiger partial charge in [0, 0.05) is 10.5 Å². The van der Waals surface area contributed by atoms with Crippen LogP contribution in [0.2, 0.25) is 0 Å². The van der Waals surface area contributed by atoms with Crippen LogP contribution < -0.4 is 10.1 Å². The van der Waals surface area contributed by atoms with Gasteiger partial charge in [0.1, 0.15) is 0 Å². The molecule has 0 heterocycles. The van der Waals surface area contributed by atoms with Crippen LogP contribution in [0.1, 0.15) is 22.7 Å². The first kappa shape index (κ1) is 16.0. The molecule has 0 bridgehead atoms. The first-order valence-corrected chi connectivity index (χ1v) is 7.60. The maximum absolute atomic E-state index is 13.8. The van der Waals surface area contributed by atoms with Crippen LogP contribution in [0.3, 0.4) is 0 Å². The first-order chi connectivity index (χ1) is 10.0. The summed E-state index contributed by atoms with van der Waals surface area (Å²) in [7, 11) is 3.39. The van der Waals surface area contributed by atoms with E-state index in [4.69, 9.17) is 4.74 Å². The molecule has 0 aliphatic rings. The third kappa shape index (κ3) is 3.83. The Labute approximate surface area is 133 Å². The molecule has 0 saturated heterocycles. The normalized spacial score (nSPS) is 12.2. The number of hydrogen-bond acceptors (Lipinski definition) is 2. The Morgan fingerprint density at radius 1 is 1.24 bits per heavy atom. The molecule has 2 nitrogen and oxygen atoms in total. The molecule has 21 heavy (non-hydrogen) atoms. The summed E-state index contributed by atoms with van der Waals surface area (Å²) in [6, 6.07) is 11.5. The zero-order valence-electron chi connectivity index (χ0n) is 12.4. The lowest BCUT2D eigenvalue weighted by atomic mass is 9.97. The molecule has 1 atom stereocenters. The van der Waals surface area contributed by atoms with Crippen LogP contribution in [0.5, 0.6) is 5.75 Å². The van der Waals surface area contributed by atoms with E-state index < -0.39 is 0 Å². The zero-order chi connectivity index (χ0) is 15.4. The molecular formula is C17H19BrFNO. The molecule has 2 aromatic rings. The molecule has 112 valence electrons. The molecule has 0 amide bonds. The van der Waals surface area contributed by atoms with Gasteiger partial charge < -0.3 is 10.1 Å². The van der Waals surface area contributed by atoms with Gasteiger partial charge in [-0.25, -0.2) is 4.39 Å². The van der Waals surface area contributed by atoms with E-state index in [-0.39, 0.29) is 17.6 Å². The fourth-order valence-electron chi connectivity index (χ4n) is 2.37. The highest BCUT2D eigenvalue weighted by molar-refractivity contribution is 9.10. The van der Waals surface area contributed by atoms with E-state index in [1.165, 1.54) is 24.3 Å². The molecule has 0 fully saturated rings. The predicted molar refractivity (Wildman–Crippen MR) is 87.3 cm³/mol. The van der Waals surface area contributed by atoms with Gasteiger partial charge in [-0.15, -0.1) is 0 Å². The maximum Gasteiger partial charge on any atom is 0.165 e. The Morgan fingerprint density at radius 2 is 2.00 bits per heavy atom. The van der Waals surface area contributed by atoms with Crippen molar-refractivity contribution in [1.82, 2.24) is 5.32 Å². The molecule has 0 aliphatic carbocycles. The van der Waals surface area contributed by atoms with Gasteiger partial charge in [-0.05, 0) is 49.7 Å². The van der Waals surface area contributed by atoms with Crippen LogP contribution in [0, 0.1) is 12.7 Å². The minimum atomic E-state index is -0.326. The highest BCUT2D eigenvalue weighted by atomic mass is 79.9. The van der Waals surface area contributed by atoms with E-state index in [0.717, 1.165) is 10.0 Å². The Balaban J connectivity index is 2.26. The second-order valence-corrected chi connectivity index (χ2v) is 5.89. The van der Waals surface area contributed by atoms with Crippen LogP contribution in [0.25, 0.3) is 0 Å². The van der Waals surface area contributed by atoms with Crippen LogP contribution in [0.4, 0.5) is 4.39 Å². The monoisotopic (exact) mass is 351 g/mol. The third-order valence-corrected chi connectivity index (χ3v) is 4.25. The van der Waals surface area contributed by atoms with Crippen LogP contribution in [-0.2, 0) is 6.42 Å². The van der Waals surface area contributed by atoms with Crippen molar-refractivity contribution in [2.75, 3.05) is 14.2 Å². The molecule has 0 aromatic heterocycles. The molecule has 2 aromatic carbocycles. The standard InChI is InChI=1S/C17H19BrFNO/c1-11-4-6-14(18)13(8-11)16(20-2)10-12-5-7-17(21-3)15(19)9-12/h4-9,16,20H,10H2,1-3H3. The number of likely N-dealkylation sites (N-methyl/N-ethyl adjacent to an activating group) is 1. The van der Waals surface area contributed by atoms with Crippen molar-refractivity contribution in [3.63, 3.8) is 0 Å².